The van der Waals surface area contributed by atoms with Crippen LogP contribution in [-0.4, -0.2) is 54.0 Å². The third-order valence-corrected chi connectivity index (χ3v) is 4.19. The third-order valence-electron chi connectivity index (χ3n) is 4.19. The molecule has 2 unspecified atom stereocenters. The summed E-state index contributed by atoms with van der Waals surface area (Å²) in [5, 5.41) is 0. The minimum Gasteiger partial charge on any atom is -0.336 e. The average Bonchev–Trinajstić information content (AvgIpc) is 2.39. The number of fused-ring (bicyclic) bond motifs is 1. The van der Waals surface area contributed by atoms with Crippen molar-refractivity contribution in [3.05, 3.63) is 0 Å². The molecule has 2 aliphatic heterocycles. The Balaban J connectivity index is 2.03. The number of guanidine groups is 1. The first-order valence-electron chi connectivity index (χ1n) is 7.63. The Labute approximate surface area is 117 Å². The molecule has 5 heteroatoms. The fourth-order valence-electron chi connectivity index (χ4n) is 3.14. The van der Waals surface area contributed by atoms with Gasteiger partial charge in [0.05, 0.1) is 0 Å². The first-order valence-corrected chi connectivity index (χ1v) is 7.63. The Bertz CT molecular complexity index is 315. The Morgan fingerprint density at radius 1 is 1.37 bits per heavy atom. The molecule has 0 aromatic carbocycles. The molecule has 0 aromatic heterocycles. The summed E-state index contributed by atoms with van der Waals surface area (Å²) in [6, 6.07) is 1.17. The quantitative estimate of drug-likeness (QED) is 0.339. The minimum absolute atomic E-state index is 0.483. The predicted octanol–water partition coefficient (Wildman–Crippen LogP) is 1.02. The van der Waals surface area contributed by atoms with Gasteiger partial charge in [-0.15, -0.1) is 0 Å². The second-order valence-electron chi connectivity index (χ2n) is 6.35. The molecule has 5 nitrogen and oxygen atoms in total. The highest BCUT2D eigenvalue weighted by molar-refractivity contribution is 5.79. The van der Waals surface area contributed by atoms with E-state index in [0.29, 0.717) is 18.0 Å². The van der Waals surface area contributed by atoms with Gasteiger partial charge in [-0.2, -0.15) is 0 Å². The van der Waals surface area contributed by atoms with Gasteiger partial charge in [0.25, 0.3) is 0 Å². The molecule has 0 radical (unpaired) electrons. The van der Waals surface area contributed by atoms with Gasteiger partial charge in [-0.05, 0) is 32.2 Å². The van der Waals surface area contributed by atoms with Gasteiger partial charge in [0.2, 0.25) is 5.96 Å². The van der Waals surface area contributed by atoms with E-state index in [4.69, 9.17) is 5.84 Å². The van der Waals surface area contributed by atoms with Crippen molar-refractivity contribution in [1.29, 1.82) is 0 Å². The zero-order valence-electron chi connectivity index (χ0n) is 12.6. The molecular formula is C14H29N5. The lowest BCUT2D eigenvalue weighted by atomic mass is 9.97. The maximum atomic E-state index is 5.68. The van der Waals surface area contributed by atoms with Crippen LogP contribution in [0.1, 0.15) is 40.0 Å². The molecule has 110 valence electrons. The molecule has 0 aliphatic carbocycles. The van der Waals surface area contributed by atoms with Crippen molar-refractivity contribution >= 4 is 5.96 Å². The van der Waals surface area contributed by atoms with Crippen molar-refractivity contribution in [2.75, 3.05) is 26.2 Å². The van der Waals surface area contributed by atoms with Gasteiger partial charge in [-0.1, -0.05) is 20.3 Å². The lowest BCUT2D eigenvalue weighted by Gasteiger charge is -2.48. The van der Waals surface area contributed by atoms with E-state index in [1.54, 1.807) is 0 Å². The summed E-state index contributed by atoms with van der Waals surface area (Å²) in [6.07, 6.45) is 4.02. The molecular weight excluding hydrogens is 238 g/mol. The molecule has 0 saturated carbocycles. The SMILES string of the molecule is CC(C)CN=C(NN)N1CC2CCCCN2CC1C. The Morgan fingerprint density at radius 2 is 2.16 bits per heavy atom. The molecule has 0 aromatic rings. The van der Waals surface area contributed by atoms with Gasteiger partial charge in [-0.25, -0.2) is 5.84 Å². The number of hydrogen-bond donors (Lipinski definition) is 2. The zero-order chi connectivity index (χ0) is 13.8. The fourth-order valence-corrected chi connectivity index (χ4v) is 3.14. The topological polar surface area (TPSA) is 56.9 Å². The van der Waals surface area contributed by atoms with Gasteiger partial charge in [-0.3, -0.25) is 15.3 Å². The van der Waals surface area contributed by atoms with Crippen LogP contribution in [0, 0.1) is 5.92 Å². The maximum Gasteiger partial charge on any atom is 0.208 e. The number of hydrogen-bond acceptors (Lipinski definition) is 3. The van der Waals surface area contributed by atoms with Gasteiger partial charge in [0.1, 0.15) is 0 Å². The van der Waals surface area contributed by atoms with Gasteiger partial charge < -0.3 is 4.90 Å². The minimum atomic E-state index is 0.483. The van der Waals surface area contributed by atoms with E-state index in [9.17, 15) is 0 Å². The highest BCUT2D eigenvalue weighted by Gasteiger charge is 2.34. The van der Waals surface area contributed by atoms with Crippen molar-refractivity contribution in [3.8, 4) is 0 Å². The van der Waals surface area contributed by atoms with E-state index in [-0.39, 0.29) is 0 Å². The van der Waals surface area contributed by atoms with Crippen LogP contribution in [0.4, 0.5) is 0 Å². The van der Waals surface area contributed by atoms with E-state index in [1.165, 1.54) is 25.8 Å². The highest BCUT2D eigenvalue weighted by Crippen LogP contribution is 2.23. The average molecular weight is 267 g/mol. The van der Waals surface area contributed by atoms with Gasteiger partial charge in [0.15, 0.2) is 0 Å². The van der Waals surface area contributed by atoms with Crippen LogP contribution in [0.25, 0.3) is 0 Å². The molecule has 2 heterocycles. The second-order valence-corrected chi connectivity index (χ2v) is 6.35. The molecule has 2 saturated heterocycles. The van der Waals surface area contributed by atoms with E-state index in [2.05, 4.69) is 41.0 Å². The van der Waals surface area contributed by atoms with Crippen molar-refractivity contribution in [3.63, 3.8) is 0 Å². The summed E-state index contributed by atoms with van der Waals surface area (Å²) < 4.78 is 0. The van der Waals surface area contributed by atoms with Gasteiger partial charge >= 0.3 is 0 Å². The molecule has 2 atom stereocenters. The van der Waals surface area contributed by atoms with E-state index in [1.807, 2.05) is 0 Å². The predicted molar refractivity (Wildman–Crippen MR) is 79.8 cm³/mol. The van der Waals surface area contributed by atoms with Crippen molar-refractivity contribution in [1.82, 2.24) is 15.2 Å². The summed E-state index contributed by atoms with van der Waals surface area (Å²) >= 11 is 0. The lowest BCUT2D eigenvalue weighted by molar-refractivity contribution is 0.0484. The van der Waals surface area contributed by atoms with Crippen LogP contribution in [0.5, 0.6) is 0 Å². The summed E-state index contributed by atoms with van der Waals surface area (Å²) in [5.74, 6) is 7.12. The molecule has 19 heavy (non-hydrogen) atoms. The number of piperazine rings is 1. The maximum absolute atomic E-state index is 5.68. The summed E-state index contributed by atoms with van der Waals surface area (Å²) in [6.45, 7) is 10.9. The number of piperidine rings is 1. The van der Waals surface area contributed by atoms with Crippen molar-refractivity contribution < 1.29 is 0 Å². The number of nitrogens with zero attached hydrogens (tertiary/aromatic N) is 3. The summed E-state index contributed by atoms with van der Waals surface area (Å²) in [5.41, 5.74) is 2.81. The summed E-state index contributed by atoms with van der Waals surface area (Å²) in [4.78, 5) is 9.64. The Kier molecular flexibility index (Phi) is 5.05. The molecule has 3 N–H and O–H groups in total. The first kappa shape index (κ1) is 14.6. The zero-order valence-corrected chi connectivity index (χ0v) is 12.6. The van der Waals surface area contributed by atoms with Gasteiger partial charge in [0, 0.05) is 31.7 Å². The number of nitrogens with one attached hydrogen (secondary N) is 1. The second kappa shape index (κ2) is 6.57. The molecule has 0 bridgehead atoms. The fraction of sp³-hybridized carbons (Fsp3) is 0.929. The molecule has 0 spiro atoms. The van der Waals surface area contributed by atoms with Crippen LogP contribution in [0.3, 0.4) is 0 Å². The Morgan fingerprint density at radius 3 is 2.84 bits per heavy atom. The van der Waals surface area contributed by atoms with Crippen LogP contribution < -0.4 is 11.3 Å². The summed E-state index contributed by atoms with van der Waals surface area (Å²) in [7, 11) is 0. The number of aliphatic imine (C=N–C) groups is 1. The van der Waals surface area contributed by atoms with Crippen LogP contribution in [0.2, 0.25) is 0 Å². The smallest absolute Gasteiger partial charge is 0.208 e. The van der Waals surface area contributed by atoms with E-state index in [0.717, 1.165) is 25.6 Å². The number of rotatable bonds is 2. The van der Waals surface area contributed by atoms with E-state index >= 15 is 0 Å². The number of nitrogens with two attached hydrogens (primary N) is 1. The molecule has 0 amide bonds. The third kappa shape index (κ3) is 3.60. The molecule has 2 rings (SSSR count). The van der Waals surface area contributed by atoms with E-state index < -0.39 is 0 Å². The van der Waals surface area contributed by atoms with Crippen molar-refractivity contribution in [2.45, 2.75) is 52.1 Å². The monoisotopic (exact) mass is 267 g/mol. The standard InChI is InChI=1S/C14H29N5/c1-11(2)8-16-14(17-15)19-10-13-6-4-5-7-18(13)9-12(19)3/h11-13H,4-10,15H2,1-3H3,(H,16,17). The largest absolute Gasteiger partial charge is 0.336 e. The molecule has 2 aliphatic rings. The van der Waals surface area contributed by atoms with Crippen LogP contribution in [-0.2, 0) is 0 Å². The normalized spacial score (nSPS) is 29.5. The van der Waals surface area contributed by atoms with Crippen molar-refractivity contribution in [2.24, 2.45) is 16.8 Å². The molecule has 2 fully saturated rings. The number of hydrazine groups is 1. The van der Waals surface area contributed by atoms with Crippen LogP contribution in [0.15, 0.2) is 4.99 Å². The highest BCUT2D eigenvalue weighted by atomic mass is 15.4. The Hall–Kier alpha value is -0.810. The lowest BCUT2D eigenvalue weighted by Crippen LogP contribution is -2.62. The first-order chi connectivity index (χ1) is 9.11. The van der Waals surface area contributed by atoms with Crippen LogP contribution >= 0.6 is 0 Å².